The Hall–Kier alpha value is -2.33. The number of para-hydroxylation sites is 2. The highest BCUT2D eigenvalue weighted by Gasteiger charge is 2.10. The van der Waals surface area contributed by atoms with Crippen LogP contribution in [0.3, 0.4) is 0 Å². The van der Waals surface area contributed by atoms with Gasteiger partial charge in [-0.15, -0.1) is 0 Å². The van der Waals surface area contributed by atoms with Gasteiger partial charge in [-0.2, -0.15) is 0 Å². The molecule has 4 nitrogen and oxygen atoms in total. The lowest BCUT2D eigenvalue weighted by atomic mass is 10.1. The minimum Gasteiger partial charge on any atom is -0.494 e. The average molecular weight is 309 g/mol. The van der Waals surface area contributed by atoms with Gasteiger partial charge in [0.05, 0.1) is 17.6 Å². The summed E-state index contributed by atoms with van der Waals surface area (Å²) in [6.07, 6.45) is 1.77. The van der Waals surface area contributed by atoms with E-state index in [1.54, 1.807) is 0 Å². The van der Waals surface area contributed by atoms with Crippen LogP contribution in [0.1, 0.15) is 24.7 Å². The van der Waals surface area contributed by atoms with Crippen LogP contribution in [0, 0.1) is 0 Å². The average Bonchev–Trinajstić information content (AvgIpc) is 2.92. The lowest BCUT2D eigenvalue weighted by molar-refractivity contribution is 0.340. The lowest BCUT2D eigenvalue weighted by Gasteiger charge is -2.09. The van der Waals surface area contributed by atoms with Crippen molar-refractivity contribution < 1.29 is 4.74 Å². The topological polar surface area (TPSA) is 53.1 Å². The van der Waals surface area contributed by atoms with E-state index in [1.807, 2.05) is 25.1 Å². The normalized spacial score (nSPS) is 11.0. The lowest BCUT2D eigenvalue weighted by Crippen LogP contribution is -2.09. The van der Waals surface area contributed by atoms with Crippen LogP contribution < -0.4 is 10.5 Å². The molecule has 120 valence electrons. The Labute approximate surface area is 136 Å². The molecule has 3 rings (SSSR count). The first kappa shape index (κ1) is 15.6. The molecule has 0 unspecified atom stereocenters. The highest BCUT2D eigenvalue weighted by atomic mass is 16.5. The number of fused-ring (bicyclic) bond motifs is 1. The molecule has 0 amide bonds. The predicted octanol–water partition coefficient (Wildman–Crippen LogP) is 3.37. The Bertz CT molecular complexity index is 762. The molecular formula is C19H23N3O. The summed E-state index contributed by atoms with van der Waals surface area (Å²) in [7, 11) is 0. The Morgan fingerprint density at radius 1 is 1.09 bits per heavy atom. The third kappa shape index (κ3) is 3.54. The summed E-state index contributed by atoms with van der Waals surface area (Å²) < 4.78 is 7.79. The molecule has 0 radical (unpaired) electrons. The van der Waals surface area contributed by atoms with Gasteiger partial charge in [0, 0.05) is 13.0 Å². The smallest absolute Gasteiger partial charge is 0.119 e. The van der Waals surface area contributed by atoms with Crippen LogP contribution in [0.4, 0.5) is 0 Å². The van der Waals surface area contributed by atoms with Crippen molar-refractivity contribution in [1.82, 2.24) is 9.55 Å². The zero-order valence-electron chi connectivity index (χ0n) is 13.5. The summed E-state index contributed by atoms with van der Waals surface area (Å²) in [5.41, 5.74) is 9.15. The van der Waals surface area contributed by atoms with E-state index in [0.29, 0.717) is 13.2 Å². The van der Waals surface area contributed by atoms with Gasteiger partial charge in [-0.25, -0.2) is 4.98 Å². The maximum atomic E-state index is 5.69. The third-order valence-electron chi connectivity index (χ3n) is 3.92. The number of ether oxygens (including phenoxy) is 1. The Balaban J connectivity index is 1.88. The Morgan fingerprint density at radius 3 is 2.61 bits per heavy atom. The molecule has 0 atom stereocenters. The number of hydrogen-bond donors (Lipinski definition) is 1. The van der Waals surface area contributed by atoms with Crippen molar-refractivity contribution >= 4 is 11.0 Å². The fourth-order valence-electron chi connectivity index (χ4n) is 2.81. The standard InChI is InChI=1S/C19H23N3O/c1-2-23-16-10-8-15(9-11-16)14-19-21-17-6-3-4-7-18(17)22(19)13-5-12-20/h3-4,6-11H,2,5,12-14,20H2,1H3. The quantitative estimate of drug-likeness (QED) is 0.728. The Morgan fingerprint density at radius 2 is 1.87 bits per heavy atom. The first-order valence-corrected chi connectivity index (χ1v) is 8.17. The van der Waals surface area contributed by atoms with Crippen LogP contribution >= 0.6 is 0 Å². The van der Waals surface area contributed by atoms with E-state index in [4.69, 9.17) is 15.5 Å². The highest BCUT2D eigenvalue weighted by Crippen LogP contribution is 2.20. The molecule has 0 aliphatic heterocycles. The van der Waals surface area contributed by atoms with Crippen LogP contribution in [0.15, 0.2) is 48.5 Å². The van der Waals surface area contributed by atoms with Crippen molar-refractivity contribution in [3.8, 4) is 5.75 Å². The van der Waals surface area contributed by atoms with E-state index >= 15 is 0 Å². The molecule has 0 fully saturated rings. The molecule has 0 bridgehead atoms. The van der Waals surface area contributed by atoms with Crippen molar-refractivity contribution in [3.05, 3.63) is 59.9 Å². The van der Waals surface area contributed by atoms with Gasteiger partial charge in [0.2, 0.25) is 0 Å². The maximum absolute atomic E-state index is 5.69. The summed E-state index contributed by atoms with van der Waals surface area (Å²) in [4.78, 5) is 4.81. The van der Waals surface area contributed by atoms with E-state index in [0.717, 1.165) is 36.5 Å². The molecule has 3 aromatic rings. The second-order valence-electron chi connectivity index (χ2n) is 5.56. The molecule has 0 aliphatic carbocycles. The van der Waals surface area contributed by atoms with E-state index in [9.17, 15) is 0 Å². The summed E-state index contributed by atoms with van der Waals surface area (Å²) in [5.74, 6) is 2.00. The van der Waals surface area contributed by atoms with Gasteiger partial charge in [0.15, 0.2) is 0 Å². The number of aryl methyl sites for hydroxylation is 1. The fraction of sp³-hybridized carbons (Fsp3) is 0.316. The van der Waals surface area contributed by atoms with Crippen molar-refractivity contribution in [2.24, 2.45) is 5.73 Å². The molecule has 0 spiro atoms. The van der Waals surface area contributed by atoms with Crippen molar-refractivity contribution in [3.63, 3.8) is 0 Å². The van der Waals surface area contributed by atoms with Gasteiger partial charge in [-0.1, -0.05) is 24.3 Å². The van der Waals surface area contributed by atoms with Crippen molar-refractivity contribution in [2.45, 2.75) is 26.3 Å². The molecule has 0 saturated carbocycles. The predicted molar refractivity (Wildman–Crippen MR) is 93.8 cm³/mol. The maximum Gasteiger partial charge on any atom is 0.119 e. The summed E-state index contributed by atoms with van der Waals surface area (Å²) in [5, 5.41) is 0. The van der Waals surface area contributed by atoms with Gasteiger partial charge in [0.25, 0.3) is 0 Å². The number of benzene rings is 2. The van der Waals surface area contributed by atoms with Crippen molar-refractivity contribution in [2.75, 3.05) is 13.2 Å². The molecule has 1 aromatic heterocycles. The van der Waals surface area contributed by atoms with Crippen LogP contribution in [0.2, 0.25) is 0 Å². The number of imidazole rings is 1. The van der Waals surface area contributed by atoms with Gasteiger partial charge in [0.1, 0.15) is 11.6 Å². The van der Waals surface area contributed by atoms with Gasteiger partial charge < -0.3 is 15.0 Å². The Kier molecular flexibility index (Phi) is 4.93. The number of hydrogen-bond acceptors (Lipinski definition) is 3. The molecule has 2 aromatic carbocycles. The minimum absolute atomic E-state index is 0.689. The van der Waals surface area contributed by atoms with Crippen LogP contribution in [-0.2, 0) is 13.0 Å². The molecule has 2 N–H and O–H groups in total. The molecule has 23 heavy (non-hydrogen) atoms. The monoisotopic (exact) mass is 309 g/mol. The molecular weight excluding hydrogens is 286 g/mol. The third-order valence-corrected chi connectivity index (χ3v) is 3.92. The zero-order chi connectivity index (χ0) is 16.1. The second-order valence-corrected chi connectivity index (χ2v) is 5.56. The van der Waals surface area contributed by atoms with E-state index in [2.05, 4.69) is 34.9 Å². The second kappa shape index (κ2) is 7.29. The number of nitrogens with zero attached hydrogens (tertiary/aromatic N) is 2. The highest BCUT2D eigenvalue weighted by molar-refractivity contribution is 5.76. The SMILES string of the molecule is CCOc1ccc(Cc2nc3ccccc3n2CCCN)cc1. The first-order chi connectivity index (χ1) is 11.3. The van der Waals surface area contributed by atoms with E-state index in [1.165, 1.54) is 11.1 Å². The van der Waals surface area contributed by atoms with Gasteiger partial charge >= 0.3 is 0 Å². The molecule has 0 aliphatic rings. The largest absolute Gasteiger partial charge is 0.494 e. The van der Waals surface area contributed by atoms with Crippen LogP contribution in [0.25, 0.3) is 11.0 Å². The fourth-order valence-corrected chi connectivity index (χ4v) is 2.81. The number of rotatable bonds is 7. The summed E-state index contributed by atoms with van der Waals surface area (Å²) in [6.45, 7) is 4.28. The first-order valence-electron chi connectivity index (χ1n) is 8.17. The number of aromatic nitrogens is 2. The van der Waals surface area contributed by atoms with Gasteiger partial charge in [-0.05, 0) is 49.7 Å². The number of nitrogens with two attached hydrogens (primary N) is 1. The molecule has 1 heterocycles. The molecule has 0 saturated heterocycles. The molecule has 4 heteroatoms. The van der Waals surface area contributed by atoms with Crippen molar-refractivity contribution in [1.29, 1.82) is 0 Å². The minimum atomic E-state index is 0.689. The summed E-state index contributed by atoms with van der Waals surface area (Å²) >= 11 is 0. The van der Waals surface area contributed by atoms with Crippen LogP contribution in [-0.4, -0.2) is 22.7 Å². The van der Waals surface area contributed by atoms with Crippen LogP contribution in [0.5, 0.6) is 5.75 Å². The van der Waals surface area contributed by atoms with Gasteiger partial charge in [-0.3, -0.25) is 0 Å². The zero-order valence-corrected chi connectivity index (χ0v) is 13.5. The van der Waals surface area contributed by atoms with E-state index < -0.39 is 0 Å². The van der Waals surface area contributed by atoms with E-state index in [-0.39, 0.29) is 0 Å². The summed E-state index contributed by atoms with van der Waals surface area (Å²) in [6, 6.07) is 16.5.